The normalized spacial score (nSPS) is 10.8. The van der Waals surface area contributed by atoms with Crippen molar-refractivity contribution in [2.45, 2.75) is 13.3 Å². The maximum absolute atomic E-state index is 12.7. The van der Waals surface area contributed by atoms with Crippen molar-refractivity contribution >= 4 is 50.7 Å². The van der Waals surface area contributed by atoms with Crippen LogP contribution in [0.2, 0.25) is 0 Å². The van der Waals surface area contributed by atoms with E-state index >= 15 is 0 Å². The number of rotatable bonds is 10. The average Bonchev–Trinajstić information content (AvgIpc) is 2.96. The van der Waals surface area contributed by atoms with Gasteiger partial charge < -0.3 is 14.8 Å². The van der Waals surface area contributed by atoms with E-state index in [1.165, 1.54) is 6.21 Å². The van der Waals surface area contributed by atoms with Crippen molar-refractivity contribution in [1.29, 1.82) is 0 Å². The summed E-state index contributed by atoms with van der Waals surface area (Å²) < 4.78 is 11.8. The number of ether oxygens (including phenoxy) is 2. The molecule has 0 aromatic heterocycles. The molecule has 9 heteroatoms. The first-order valence-electron chi connectivity index (χ1n) is 12.3. The van der Waals surface area contributed by atoms with Gasteiger partial charge in [-0.05, 0) is 65.7 Å². The molecule has 2 amide bonds. The zero-order chi connectivity index (χ0) is 27.6. The fourth-order valence-corrected chi connectivity index (χ4v) is 4.05. The first-order valence-corrected chi connectivity index (χ1v) is 13.1. The highest BCUT2D eigenvalue weighted by atomic mass is 79.9. The van der Waals surface area contributed by atoms with E-state index in [9.17, 15) is 14.4 Å². The van der Waals surface area contributed by atoms with Crippen molar-refractivity contribution in [3.05, 3.63) is 106 Å². The Hall–Kier alpha value is -4.50. The number of esters is 1. The number of hydrogen-bond donors (Lipinski definition) is 2. The molecule has 0 saturated heterocycles. The Balaban J connectivity index is 1.35. The van der Waals surface area contributed by atoms with Crippen molar-refractivity contribution in [3.63, 3.8) is 0 Å². The van der Waals surface area contributed by atoms with E-state index in [-0.39, 0.29) is 18.2 Å². The number of fused-ring (bicyclic) bond motifs is 1. The van der Waals surface area contributed by atoms with Crippen LogP contribution in [-0.4, -0.2) is 37.1 Å². The van der Waals surface area contributed by atoms with E-state index in [1.54, 1.807) is 54.6 Å². The molecule has 0 aliphatic rings. The number of carbonyl (C=O) groups excluding carboxylic acids is 3. The van der Waals surface area contributed by atoms with Gasteiger partial charge in [0.15, 0.2) is 0 Å². The van der Waals surface area contributed by atoms with Crippen LogP contribution in [0.4, 0.5) is 0 Å². The predicted octanol–water partition coefficient (Wildman–Crippen LogP) is 5.49. The smallest absolute Gasteiger partial charge is 0.343 e. The van der Waals surface area contributed by atoms with Crippen LogP contribution in [0.25, 0.3) is 10.8 Å². The Morgan fingerprint density at radius 2 is 1.72 bits per heavy atom. The second-order valence-corrected chi connectivity index (χ2v) is 9.36. The van der Waals surface area contributed by atoms with E-state index < -0.39 is 11.9 Å². The van der Waals surface area contributed by atoms with Gasteiger partial charge in [0, 0.05) is 15.6 Å². The molecule has 8 nitrogen and oxygen atoms in total. The molecule has 0 spiro atoms. The number of nitrogens with zero attached hydrogens (tertiary/aromatic N) is 1. The lowest BCUT2D eigenvalue weighted by molar-refractivity contribution is -0.120. The summed E-state index contributed by atoms with van der Waals surface area (Å²) in [7, 11) is 0. The molecule has 0 radical (unpaired) electrons. The summed E-state index contributed by atoms with van der Waals surface area (Å²) in [5.41, 5.74) is 3.68. The fraction of sp³-hybridized carbons (Fsp3) is 0.133. The SMILES string of the molecule is CCCOc1ccc(C(=O)Oc2ccc(Br)cc2/C=N/NC(=O)CNC(=O)c2cccc3ccccc23)cc1. The van der Waals surface area contributed by atoms with Crippen LogP contribution in [0.5, 0.6) is 11.5 Å². The topological polar surface area (TPSA) is 106 Å². The van der Waals surface area contributed by atoms with Gasteiger partial charge >= 0.3 is 5.97 Å². The Morgan fingerprint density at radius 3 is 2.51 bits per heavy atom. The predicted molar refractivity (Wildman–Crippen MR) is 153 cm³/mol. The van der Waals surface area contributed by atoms with E-state index in [0.717, 1.165) is 21.7 Å². The van der Waals surface area contributed by atoms with Crippen LogP contribution in [-0.2, 0) is 4.79 Å². The molecule has 4 aromatic rings. The molecule has 0 fully saturated rings. The minimum Gasteiger partial charge on any atom is -0.494 e. The first kappa shape index (κ1) is 27.5. The highest BCUT2D eigenvalue weighted by molar-refractivity contribution is 9.10. The maximum Gasteiger partial charge on any atom is 0.343 e. The van der Waals surface area contributed by atoms with Crippen LogP contribution in [0, 0.1) is 0 Å². The molecule has 2 N–H and O–H groups in total. The van der Waals surface area contributed by atoms with E-state index in [0.29, 0.717) is 29.0 Å². The van der Waals surface area contributed by atoms with Crippen LogP contribution in [0.15, 0.2) is 94.5 Å². The molecule has 0 saturated carbocycles. The summed E-state index contributed by atoms with van der Waals surface area (Å²) in [6.07, 6.45) is 2.25. The van der Waals surface area contributed by atoms with Crippen LogP contribution in [0.3, 0.4) is 0 Å². The maximum atomic E-state index is 12.7. The van der Waals surface area contributed by atoms with Crippen molar-refractivity contribution in [2.24, 2.45) is 5.10 Å². The molecule has 0 bridgehead atoms. The van der Waals surface area contributed by atoms with Crippen LogP contribution in [0.1, 0.15) is 39.6 Å². The molecule has 0 aliphatic heterocycles. The number of benzene rings is 4. The second-order valence-electron chi connectivity index (χ2n) is 8.45. The van der Waals surface area contributed by atoms with Gasteiger partial charge in [0.1, 0.15) is 11.5 Å². The number of hydrogen-bond acceptors (Lipinski definition) is 6. The Morgan fingerprint density at radius 1 is 0.949 bits per heavy atom. The molecule has 0 aliphatic carbocycles. The van der Waals surface area contributed by atoms with Gasteiger partial charge in [-0.15, -0.1) is 0 Å². The third kappa shape index (κ3) is 7.52. The lowest BCUT2D eigenvalue weighted by atomic mass is 10.0. The molecule has 39 heavy (non-hydrogen) atoms. The third-order valence-corrected chi connectivity index (χ3v) is 6.07. The minimum absolute atomic E-state index is 0.261. The van der Waals surface area contributed by atoms with Crippen LogP contribution < -0.4 is 20.2 Å². The highest BCUT2D eigenvalue weighted by Crippen LogP contribution is 2.23. The average molecular weight is 588 g/mol. The zero-order valence-corrected chi connectivity index (χ0v) is 22.7. The number of hydrazone groups is 1. The van der Waals surface area contributed by atoms with Gasteiger partial charge in [0.2, 0.25) is 0 Å². The Bertz CT molecular complexity index is 1510. The standard InChI is InChI=1S/C30H26BrN3O5/c1-2-16-38-24-13-10-21(11-14-24)30(37)39-27-15-12-23(31)17-22(27)18-33-34-28(35)19-32-29(36)26-9-5-7-20-6-3-4-8-25(20)26/h3-15,17-18H,2,16,19H2,1H3,(H,32,36)(H,34,35)/b33-18+. The van der Waals surface area contributed by atoms with Gasteiger partial charge in [-0.25, -0.2) is 10.2 Å². The third-order valence-electron chi connectivity index (χ3n) is 5.57. The van der Waals surface area contributed by atoms with Gasteiger partial charge in [-0.2, -0.15) is 5.10 Å². The van der Waals surface area contributed by atoms with Crippen molar-refractivity contribution in [2.75, 3.05) is 13.2 Å². The lowest BCUT2D eigenvalue weighted by Gasteiger charge is -2.09. The summed E-state index contributed by atoms with van der Waals surface area (Å²) in [6, 6.07) is 24.7. The number of amides is 2. The number of nitrogens with one attached hydrogen (secondary N) is 2. The quantitative estimate of drug-likeness (QED) is 0.110. The van der Waals surface area contributed by atoms with Gasteiger partial charge in [-0.1, -0.05) is 59.3 Å². The molecule has 0 unspecified atom stereocenters. The van der Waals surface area contributed by atoms with Crippen LogP contribution >= 0.6 is 15.9 Å². The number of carbonyl (C=O) groups is 3. The lowest BCUT2D eigenvalue weighted by Crippen LogP contribution is -2.35. The van der Waals surface area contributed by atoms with Gasteiger partial charge in [-0.3, -0.25) is 9.59 Å². The first-order chi connectivity index (χ1) is 18.9. The van der Waals surface area contributed by atoms with Crippen molar-refractivity contribution < 1.29 is 23.9 Å². The Kier molecular flexibility index (Phi) is 9.42. The molecule has 198 valence electrons. The monoisotopic (exact) mass is 587 g/mol. The van der Waals surface area contributed by atoms with Gasteiger partial charge in [0.25, 0.3) is 11.8 Å². The largest absolute Gasteiger partial charge is 0.494 e. The molecule has 0 atom stereocenters. The zero-order valence-electron chi connectivity index (χ0n) is 21.1. The molecule has 4 rings (SSSR count). The minimum atomic E-state index is -0.547. The van der Waals surface area contributed by atoms with E-state index in [2.05, 4.69) is 31.8 Å². The molecule has 0 heterocycles. The second kappa shape index (κ2) is 13.3. The summed E-state index contributed by atoms with van der Waals surface area (Å²) in [4.78, 5) is 37.6. The Labute approximate surface area is 234 Å². The summed E-state index contributed by atoms with van der Waals surface area (Å²) >= 11 is 3.39. The number of halogens is 1. The summed E-state index contributed by atoms with van der Waals surface area (Å²) in [5.74, 6) is -0.490. The van der Waals surface area contributed by atoms with Crippen molar-refractivity contribution in [3.8, 4) is 11.5 Å². The molecular weight excluding hydrogens is 562 g/mol. The van der Waals surface area contributed by atoms with E-state index in [4.69, 9.17) is 9.47 Å². The van der Waals surface area contributed by atoms with Gasteiger partial charge in [0.05, 0.1) is 24.9 Å². The van der Waals surface area contributed by atoms with E-state index in [1.807, 2.05) is 37.3 Å². The highest BCUT2D eigenvalue weighted by Gasteiger charge is 2.13. The molecule has 4 aromatic carbocycles. The fourth-order valence-electron chi connectivity index (χ4n) is 3.67. The summed E-state index contributed by atoms with van der Waals surface area (Å²) in [6.45, 7) is 2.35. The van der Waals surface area contributed by atoms with Crippen molar-refractivity contribution in [1.82, 2.24) is 10.7 Å². The molecular formula is C30H26BrN3O5. The summed E-state index contributed by atoms with van der Waals surface area (Å²) in [5, 5.41) is 8.30.